The van der Waals surface area contributed by atoms with Crippen molar-refractivity contribution in [2.45, 2.75) is 26.4 Å². The molecule has 1 aliphatic heterocycles. The molecule has 0 radical (unpaired) electrons. The number of nitro groups is 1. The summed E-state index contributed by atoms with van der Waals surface area (Å²) in [5, 5.41) is 16.3. The van der Waals surface area contributed by atoms with Gasteiger partial charge in [-0.25, -0.2) is 4.98 Å². The van der Waals surface area contributed by atoms with Crippen LogP contribution in [0.2, 0.25) is 5.02 Å². The van der Waals surface area contributed by atoms with Crippen molar-refractivity contribution in [3.8, 4) is 0 Å². The monoisotopic (exact) mass is 475 g/mol. The Labute approximate surface area is 196 Å². The van der Waals surface area contributed by atoms with Gasteiger partial charge in [-0.1, -0.05) is 31.5 Å². The third kappa shape index (κ3) is 6.39. The van der Waals surface area contributed by atoms with Crippen molar-refractivity contribution >= 4 is 34.9 Å². The summed E-state index contributed by atoms with van der Waals surface area (Å²) < 4.78 is 5.35. The maximum atomic E-state index is 12.8. The molecule has 11 heteroatoms. The fraction of sp³-hybridized carbons (Fsp3) is 0.409. The van der Waals surface area contributed by atoms with Gasteiger partial charge < -0.3 is 20.3 Å². The molecule has 3 rings (SSSR count). The molecular formula is C22H26ClN5O5. The number of nitrogens with zero attached hydrogens (tertiary/aromatic N) is 3. The lowest BCUT2D eigenvalue weighted by atomic mass is 10.0. The number of pyridine rings is 1. The van der Waals surface area contributed by atoms with Crippen LogP contribution in [0.3, 0.4) is 0 Å². The van der Waals surface area contributed by atoms with Gasteiger partial charge >= 0.3 is 0 Å². The van der Waals surface area contributed by atoms with Crippen LogP contribution in [0.5, 0.6) is 0 Å². The highest BCUT2D eigenvalue weighted by atomic mass is 35.5. The van der Waals surface area contributed by atoms with Gasteiger partial charge in [0, 0.05) is 38.0 Å². The Morgan fingerprint density at radius 1 is 1.24 bits per heavy atom. The largest absolute Gasteiger partial charge is 0.378 e. The van der Waals surface area contributed by atoms with E-state index in [1.165, 1.54) is 12.1 Å². The summed E-state index contributed by atoms with van der Waals surface area (Å²) in [5.41, 5.74) is 0.666. The van der Waals surface area contributed by atoms with Crippen LogP contribution < -0.4 is 15.5 Å². The van der Waals surface area contributed by atoms with Crippen molar-refractivity contribution in [1.29, 1.82) is 0 Å². The van der Waals surface area contributed by atoms with Crippen LogP contribution in [0.15, 0.2) is 36.5 Å². The first-order valence-electron chi connectivity index (χ1n) is 10.6. The van der Waals surface area contributed by atoms with E-state index in [1.807, 2.05) is 12.1 Å². The van der Waals surface area contributed by atoms with Gasteiger partial charge in [-0.3, -0.25) is 19.7 Å². The molecule has 10 nitrogen and oxygen atoms in total. The second-order valence-corrected chi connectivity index (χ2v) is 8.37. The van der Waals surface area contributed by atoms with E-state index >= 15 is 0 Å². The average molecular weight is 476 g/mol. The smallest absolute Gasteiger partial charge is 0.270 e. The predicted octanol–water partition coefficient (Wildman–Crippen LogP) is 2.55. The van der Waals surface area contributed by atoms with Gasteiger partial charge in [0.2, 0.25) is 5.91 Å². The van der Waals surface area contributed by atoms with E-state index in [4.69, 9.17) is 16.3 Å². The van der Waals surface area contributed by atoms with Crippen molar-refractivity contribution in [2.24, 2.45) is 5.92 Å². The Hall–Kier alpha value is -3.24. The van der Waals surface area contributed by atoms with Crippen molar-refractivity contribution in [3.05, 3.63) is 62.8 Å². The SMILES string of the molecule is CC(C)[C@H](NC(=O)c1ccc([N+](=O)[O-])cc1Cl)C(=O)NCc1ccc(N2CCOCC2)nc1. The van der Waals surface area contributed by atoms with Crippen LogP contribution in [0.1, 0.15) is 29.8 Å². The van der Waals surface area contributed by atoms with E-state index in [0.717, 1.165) is 30.5 Å². The lowest BCUT2D eigenvalue weighted by Gasteiger charge is -2.27. The minimum absolute atomic E-state index is 0.0589. The second-order valence-electron chi connectivity index (χ2n) is 7.96. The zero-order valence-corrected chi connectivity index (χ0v) is 19.2. The Bertz CT molecular complexity index is 1010. The quantitative estimate of drug-likeness (QED) is 0.443. The zero-order chi connectivity index (χ0) is 24.0. The molecule has 2 N–H and O–H groups in total. The third-order valence-corrected chi connectivity index (χ3v) is 5.57. The summed E-state index contributed by atoms with van der Waals surface area (Å²) in [6.45, 7) is 6.79. The number of nitrogens with one attached hydrogen (secondary N) is 2. The summed E-state index contributed by atoms with van der Waals surface area (Å²) in [7, 11) is 0. The highest BCUT2D eigenvalue weighted by Crippen LogP contribution is 2.22. The molecule has 33 heavy (non-hydrogen) atoms. The number of hydrogen-bond donors (Lipinski definition) is 2. The first-order chi connectivity index (χ1) is 15.8. The van der Waals surface area contributed by atoms with Crippen molar-refractivity contribution < 1.29 is 19.2 Å². The Kier molecular flexibility index (Phi) is 8.18. The Balaban J connectivity index is 1.59. The number of halogens is 1. The molecule has 2 amide bonds. The molecule has 1 aromatic heterocycles. The number of carbonyl (C=O) groups excluding carboxylic acids is 2. The second kappa shape index (κ2) is 11.1. The van der Waals surface area contributed by atoms with Crippen LogP contribution in [0, 0.1) is 16.0 Å². The van der Waals surface area contributed by atoms with Gasteiger partial charge in [0.25, 0.3) is 11.6 Å². The zero-order valence-electron chi connectivity index (χ0n) is 18.4. The number of benzene rings is 1. The number of amides is 2. The maximum absolute atomic E-state index is 12.8. The minimum Gasteiger partial charge on any atom is -0.378 e. The van der Waals surface area contributed by atoms with Crippen LogP contribution in [-0.4, -0.2) is 54.1 Å². The van der Waals surface area contributed by atoms with E-state index in [2.05, 4.69) is 20.5 Å². The number of non-ortho nitro benzene ring substituents is 1. The van der Waals surface area contributed by atoms with Crippen molar-refractivity contribution in [3.63, 3.8) is 0 Å². The molecule has 1 aliphatic rings. The molecule has 1 atom stereocenters. The lowest BCUT2D eigenvalue weighted by Crippen LogP contribution is -2.49. The number of rotatable bonds is 8. The van der Waals surface area contributed by atoms with Gasteiger partial charge in [0.1, 0.15) is 11.9 Å². The van der Waals surface area contributed by atoms with Crippen molar-refractivity contribution in [1.82, 2.24) is 15.6 Å². The van der Waals surface area contributed by atoms with Gasteiger partial charge in [0.05, 0.1) is 28.7 Å². The summed E-state index contributed by atoms with van der Waals surface area (Å²) >= 11 is 6.04. The molecule has 0 spiro atoms. The van der Waals surface area contributed by atoms with Crippen LogP contribution >= 0.6 is 11.6 Å². The van der Waals surface area contributed by atoms with Gasteiger partial charge in [-0.2, -0.15) is 0 Å². The summed E-state index contributed by atoms with van der Waals surface area (Å²) in [4.78, 5) is 42.3. The van der Waals surface area contributed by atoms with Gasteiger partial charge in [-0.05, 0) is 23.6 Å². The molecule has 1 aromatic carbocycles. The molecule has 1 saturated heterocycles. The topological polar surface area (TPSA) is 127 Å². The summed E-state index contributed by atoms with van der Waals surface area (Å²) in [6, 6.07) is 6.56. The first kappa shape index (κ1) is 24.4. The fourth-order valence-electron chi connectivity index (χ4n) is 3.36. The standard InChI is InChI=1S/C22H26ClN5O5/c1-14(2)20(26-21(29)17-5-4-16(28(31)32)11-18(17)23)22(30)25-13-15-3-6-19(24-12-15)27-7-9-33-10-8-27/h3-6,11-12,14,20H,7-10,13H2,1-2H3,(H,25,30)(H,26,29)/t20-/m0/s1. The Morgan fingerprint density at radius 3 is 2.55 bits per heavy atom. The number of anilines is 1. The van der Waals surface area contributed by atoms with Gasteiger partial charge in [-0.15, -0.1) is 0 Å². The van der Waals surface area contributed by atoms with E-state index in [9.17, 15) is 19.7 Å². The van der Waals surface area contributed by atoms with E-state index in [0.29, 0.717) is 13.2 Å². The van der Waals surface area contributed by atoms with Crippen LogP contribution in [0.25, 0.3) is 0 Å². The number of carbonyl (C=O) groups is 2. The molecule has 2 aromatic rings. The highest BCUT2D eigenvalue weighted by Gasteiger charge is 2.26. The van der Waals surface area contributed by atoms with Crippen molar-refractivity contribution in [2.75, 3.05) is 31.2 Å². The number of nitro benzene ring substituents is 1. The third-order valence-electron chi connectivity index (χ3n) is 5.25. The maximum Gasteiger partial charge on any atom is 0.270 e. The molecule has 0 unspecified atom stereocenters. The fourth-order valence-corrected chi connectivity index (χ4v) is 3.62. The van der Waals surface area contributed by atoms with E-state index < -0.39 is 16.9 Å². The molecule has 176 valence electrons. The van der Waals surface area contributed by atoms with E-state index in [-0.39, 0.29) is 34.6 Å². The molecular weight excluding hydrogens is 450 g/mol. The molecule has 0 aliphatic carbocycles. The van der Waals surface area contributed by atoms with Crippen LogP contribution in [-0.2, 0) is 16.1 Å². The Morgan fingerprint density at radius 2 is 1.97 bits per heavy atom. The lowest BCUT2D eigenvalue weighted by molar-refractivity contribution is -0.384. The minimum atomic E-state index is -0.815. The average Bonchev–Trinajstić information content (AvgIpc) is 2.81. The first-order valence-corrected chi connectivity index (χ1v) is 10.9. The number of ether oxygens (including phenoxy) is 1. The van der Waals surface area contributed by atoms with E-state index in [1.54, 1.807) is 20.0 Å². The summed E-state index contributed by atoms with van der Waals surface area (Å²) in [6.07, 6.45) is 1.71. The number of hydrogen-bond acceptors (Lipinski definition) is 7. The highest BCUT2D eigenvalue weighted by molar-refractivity contribution is 6.34. The normalized spacial score (nSPS) is 14.6. The van der Waals surface area contributed by atoms with Gasteiger partial charge in [0.15, 0.2) is 0 Å². The van der Waals surface area contributed by atoms with Crippen LogP contribution in [0.4, 0.5) is 11.5 Å². The summed E-state index contributed by atoms with van der Waals surface area (Å²) in [5.74, 6) is -0.276. The molecule has 1 fully saturated rings. The molecule has 0 saturated carbocycles. The predicted molar refractivity (Wildman–Crippen MR) is 123 cm³/mol. The number of aromatic nitrogens is 1. The molecule has 0 bridgehead atoms. The molecule has 2 heterocycles. The number of morpholine rings is 1.